The Hall–Kier alpha value is -0.580. The quantitative estimate of drug-likeness (QED) is 0.401. The van der Waals surface area contributed by atoms with E-state index in [4.69, 9.17) is 10.5 Å². The summed E-state index contributed by atoms with van der Waals surface area (Å²) >= 11 is 4.41. The van der Waals surface area contributed by atoms with Gasteiger partial charge in [0.15, 0.2) is 0 Å². The molecule has 0 aromatic heterocycles. The van der Waals surface area contributed by atoms with Crippen molar-refractivity contribution in [2.24, 2.45) is 10.8 Å². The van der Waals surface area contributed by atoms with Crippen molar-refractivity contribution in [2.45, 2.75) is 20.0 Å². The van der Waals surface area contributed by atoms with Crippen molar-refractivity contribution in [1.29, 1.82) is 0 Å². The smallest absolute Gasteiger partial charge is 0.332 e. The zero-order valence-electron chi connectivity index (χ0n) is 9.91. The summed E-state index contributed by atoms with van der Waals surface area (Å²) in [4.78, 5) is 10.5. The van der Waals surface area contributed by atoms with Crippen molar-refractivity contribution in [1.82, 2.24) is 5.43 Å². The fourth-order valence-corrected chi connectivity index (χ4v) is 3.24. The molecular weight excluding hydrogens is 460 g/mol. The van der Waals surface area contributed by atoms with Gasteiger partial charge in [0.2, 0.25) is 0 Å². The number of ether oxygens (including phenoxy) is 1. The molecule has 0 aliphatic rings. The minimum Gasteiger partial charge on any atom is -0.489 e. The van der Waals surface area contributed by atoms with Crippen LogP contribution in [0.3, 0.4) is 0 Å². The van der Waals surface area contributed by atoms with Crippen LogP contribution in [0.15, 0.2) is 17.2 Å². The number of nitrogens with two attached hydrogens (primary N) is 1. The van der Waals surface area contributed by atoms with E-state index in [2.05, 4.69) is 55.7 Å². The van der Waals surface area contributed by atoms with Crippen LogP contribution >= 0.6 is 45.2 Å². The SMILES string of the molecule is CC(C)Oc1c(I)cc(C=NNC(N)=O)cc1I. The summed E-state index contributed by atoms with van der Waals surface area (Å²) in [5, 5.41) is 3.72. The minimum atomic E-state index is -0.685. The highest BCUT2D eigenvalue weighted by atomic mass is 127. The number of benzene rings is 1. The first kappa shape index (κ1) is 15.5. The summed E-state index contributed by atoms with van der Waals surface area (Å²) in [6, 6.07) is 3.16. The number of halogens is 2. The number of nitrogens with zero attached hydrogens (tertiary/aromatic N) is 1. The summed E-state index contributed by atoms with van der Waals surface area (Å²) in [5.74, 6) is 0.867. The van der Waals surface area contributed by atoms with Gasteiger partial charge in [-0.05, 0) is 76.7 Å². The molecule has 0 fully saturated rings. The molecule has 98 valence electrons. The number of urea groups is 1. The molecule has 2 amide bonds. The maximum atomic E-state index is 10.5. The Bertz CT molecular complexity index is 452. The highest BCUT2D eigenvalue weighted by Crippen LogP contribution is 2.29. The van der Waals surface area contributed by atoms with Crippen LogP contribution in [0.1, 0.15) is 19.4 Å². The first-order valence-corrected chi connectivity index (χ1v) is 7.30. The second-order valence-corrected chi connectivity index (χ2v) is 6.04. The largest absolute Gasteiger partial charge is 0.489 e. The predicted molar refractivity (Wildman–Crippen MR) is 88.0 cm³/mol. The zero-order chi connectivity index (χ0) is 13.7. The molecule has 0 saturated heterocycles. The highest BCUT2D eigenvalue weighted by Gasteiger charge is 2.09. The minimum absolute atomic E-state index is 0.128. The third-order valence-electron chi connectivity index (χ3n) is 1.76. The molecule has 1 aromatic carbocycles. The molecule has 18 heavy (non-hydrogen) atoms. The van der Waals surface area contributed by atoms with Gasteiger partial charge in [0.25, 0.3) is 0 Å². The summed E-state index contributed by atoms with van der Waals surface area (Å²) in [5.41, 5.74) is 7.93. The van der Waals surface area contributed by atoms with E-state index >= 15 is 0 Å². The van der Waals surface area contributed by atoms with Gasteiger partial charge in [0.05, 0.1) is 19.5 Å². The number of primary amides is 1. The molecule has 0 aliphatic heterocycles. The Morgan fingerprint density at radius 3 is 2.44 bits per heavy atom. The molecule has 0 heterocycles. The Labute approximate surface area is 133 Å². The first-order valence-electron chi connectivity index (χ1n) is 5.14. The van der Waals surface area contributed by atoms with Gasteiger partial charge in [-0.2, -0.15) is 5.10 Å². The topological polar surface area (TPSA) is 76.7 Å². The van der Waals surface area contributed by atoms with Gasteiger partial charge in [-0.3, -0.25) is 0 Å². The van der Waals surface area contributed by atoms with E-state index in [-0.39, 0.29) is 6.10 Å². The zero-order valence-corrected chi connectivity index (χ0v) is 14.2. The molecule has 0 bridgehead atoms. The molecule has 5 nitrogen and oxygen atoms in total. The maximum absolute atomic E-state index is 10.5. The summed E-state index contributed by atoms with van der Waals surface area (Å²) < 4.78 is 7.71. The lowest BCUT2D eigenvalue weighted by Gasteiger charge is -2.13. The first-order chi connectivity index (χ1) is 8.40. The van der Waals surface area contributed by atoms with Crippen molar-refractivity contribution in [3.05, 3.63) is 24.8 Å². The lowest BCUT2D eigenvalue weighted by molar-refractivity contribution is 0.239. The van der Waals surface area contributed by atoms with Crippen LogP contribution in [0.25, 0.3) is 0 Å². The molecule has 1 aromatic rings. The van der Waals surface area contributed by atoms with Crippen molar-refractivity contribution < 1.29 is 9.53 Å². The molecule has 0 radical (unpaired) electrons. The number of hydrazone groups is 1. The molecule has 1 rings (SSSR count). The van der Waals surface area contributed by atoms with Gasteiger partial charge in [0.1, 0.15) is 5.75 Å². The Balaban J connectivity index is 2.92. The summed E-state index contributed by atoms with van der Waals surface area (Å²) in [7, 11) is 0. The van der Waals surface area contributed by atoms with Gasteiger partial charge in [-0.15, -0.1) is 0 Å². The number of amides is 2. The van der Waals surface area contributed by atoms with E-state index in [1.165, 1.54) is 6.21 Å². The molecule has 0 aliphatic carbocycles. The van der Waals surface area contributed by atoms with Crippen LogP contribution in [0.5, 0.6) is 5.75 Å². The third kappa shape index (κ3) is 4.96. The molecule has 0 atom stereocenters. The highest BCUT2D eigenvalue weighted by molar-refractivity contribution is 14.1. The van der Waals surface area contributed by atoms with Gasteiger partial charge in [0, 0.05) is 0 Å². The maximum Gasteiger partial charge on any atom is 0.332 e. The van der Waals surface area contributed by atoms with Crippen LogP contribution in [-0.4, -0.2) is 18.3 Å². The number of hydrogen-bond acceptors (Lipinski definition) is 3. The van der Waals surface area contributed by atoms with Crippen LogP contribution in [0.4, 0.5) is 4.79 Å². The lowest BCUT2D eigenvalue weighted by Crippen LogP contribution is -2.24. The normalized spacial score (nSPS) is 10.9. The van der Waals surface area contributed by atoms with Crippen LogP contribution in [0, 0.1) is 7.14 Å². The Morgan fingerprint density at radius 1 is 1.44 bits per heavy atom. The second-order valence-electron chi connectivity index (χ2n) is 3.71. The number of carbonyl (C=O) groups excluding carboxylic acids is 1. The molecule has 0 saturated carbocycles. The average molecular weight is 473 g/mol. The van der Waals surface area contributed by atoms with Crippen LogP contribution in [0.2, 0.25) is 0 Å². The monoisotopic (exact) mass is 473 g/mol. The van der Waals surface area contributed by atoms with E-state index in [0.29, 0.717) is 0 Å². The van der Waals surface area contributed by atoms with Crippen LogP contribution in [-0.2, 0) is 0 Å². The van der Waals surface area contributed by atoms with Crippen molar-refractivity contribution >= 4 is 57.4 Å². The fraction of sp³-hybridized carbons (Fsp3) is 0.273. The van der Waals surface area contributed by atoms with Crippen molar-refractivity contribution in [3.8, 4) is 5.75 Å². The fourth-order valence-electron chi connectivity index (χ4n) is 1.17. The van der Waals surface area contributed by atoms with E-state index in [9.17, 15) is 4.79 Å². The van der Waals surface area contributed by atoms with Gasteiger partial charge in [-0.1, -0.05) is 0 Å². The molecule has 7 heteroatoms. The summed E-state index contributed by atoms with van der Waals surface area (Å²) in [6.07, 6.45) is 1.66. The Morgan fingerprint density at radius 2 is 2.00 bits per heavy atom. The average Bonchev–Trinajstić information content (AvgIpc) is 2.22. The number of rotatable bonds is 4. The van der Waals surface area contributed by atoms with Crippen molar-refractivity contribution in [3.63, 3.8) is 0 Å². The number of hydrogen-bond donors (Lipinski definition) is 2. The summed E-state index contributed by atoms with van der Waals surface area (Å²) in [6.45, 7) is 3.97. The van der Waals surface area contributed by atoms with E-state index in [1.807, 2.05) is 26.0 Å². The molecule has 0 spiro atoms. The number of carbonyl (C=O) groups is 1. The third-order valence-corrected chi connectivity index (χ3v) is 3.37. The van der Waals surface area contributed by atoms with Gasteiger partial charge >= 0.3 is 6.03 Å². The van der Waals surface area contributed by atoms with E-state index < -0.39 is 6.03 Å². The van der Waals surface area contributed by atoms with Gasteiger partial charge in [-0.25, -0.2) is 10.2 Å². The molecule has 0 unspecified atom stereocenters. The molecule has 3 N–H and O–H groups in total. The molecular formula is C11H13I2N3O2. The Kier molecular flexibility index (Phi) is 6.12. The van der Waals surface area contributed by atoms with Crippen molar-refractivity contribution in [2.75, 3.05) is 0 Å². The van der Waals surface area contributed by atoms with Crippen LogP contribution < -0.4 is 15.9 Å². The van der Waals surface area contributed by atoms with E-state index in [1.54, 1.807) is 0 Å². The predicted octanol–water partition coefficient (Wildman–Crippen LogP) is 2.69. The standard InChI is InChI=1S/C11H13I2N3O2/c1-6(2)18-10-8(12)3-7(4-9(10)13)5-15-16-11(14)17/h3-6H,1-2H3,(H3,14,16,17). The van der Waals surface area contributed by atoms with Gasteiger partial charge < -0.3 is 10.5 Å². The lowest BCUT2D eigenvalue weighted by atomic mass is 10.2. The number of nitrogens with one attached hydrogen (secondary N) is 1. The van der Waals surface area contributed by atoms with E-state index in [0.717, 1.165) is 18.5 Å². The second kappa shape index (κ2) is 7.12.